The summed E-state index contributed by atoms with van der Waals surface area (Å²) >= 11 is 0. The number of anilines is 1. The number of hydrogen-bond acceptors (Lipinski definition) is 3. The molecule has 4 nitrogen and oxygen atoms in total. The second-order valence-corrected chi connectivity index (χ2v) is 5.07. The zero-order chi connectivity index (χ0) is 15.8. The summed E-state index contributed by atoms with van der Waals surface area (Å²) in [5, 5.41) is 2.93. The topological polar surface area (TPSA) is 45.2 Å². The minimum Gasteiger partial charge on any atom is -0.357 e. The maximum atomic E-state index is 12.1. The van der Waals surface area contributed by atoms with Crippen LogP contribution in [0.25, 0.3) is 0 Å². The number of nitrogens with one attached hydrogen (secondary N) is 1. The third-order valence-electron chi connectivity index (χ3n) is 3.64. The summed E-state index contributed by atoms with van der Waals surface area (Å²) in [6.45, 7) is 6.63. The quantitative estimate of drug-likeness (QED) is 0.854. The van der Waals surface area contributed by atoms with Crippen molar-refractivity contribution in [3.8, 4) is 0 Å². The van der Waals surface area contributed by atoms with Crippen molar-refractivity contribution in [2.45, 2.75) is 20.3 Å². The number of carbonyl (C=O) groups excluding carboxylic acids is 1. The van der Waals surface area contributed by atoms with Gasteiger partial charge in [0.1, 0.15) is 5.82 Å². The molecular formula is C18H23N3O. The molecule has 0 fully saturated rings. The van der Waals surface area contributed by atoms with Crippen LogP contribution in [0.15, 0.2) is 48.7 Å². The highest BCUT2D eigenvalue weighted by atomic mass is 16.1. The van der Waals surface area contributed by atoms with Gasteiger partial charge in [0.2, 0.25) is 0 Å². The second kappa shape index (κ2) is 8.17. The van der Waals surface area contributed by atoms with Gasteiger partial charge in [-0.1, -0.05) is 30.3 Å². The maximum Gasteiger partial charge on any atom is 0.252 e. The van der Waals surface area contributed by atoms with Gasteiger partial charge in [0.05, 0.1) is 5.56 Å². The average molecular weight is 297 g/mol. The molecule has 2 rings (SSSR count). The van der Waals surface area contributed by atoms with E-state index in [-0.39, 0.29) is 5.91 Å². The molecule has 4 heteroatoms. The van der Waals surface area contributed by atoms with Crippen LogP contribution < -0.4 is 10.2 Å². The number of pyridine rings is 1. The van der Waals surface area contributed by atoms with E-state index >= 15 is 0 Å². The molecule has 0 bridgehead atoms. The van der Waals surface area contributed by atoms with Gasteiger partial charge in [-0.2, -0.15) is 0 Å². The van der Waals surface area contributed by atoms with E-state index in [4.69, 9.17) is 0 Å². The summed E-state index contributed by atoms with van der Waals surface area (Å²) in [6, 6.07) is 13.9. The van der Waals surface area contributed by atoms with E-state index in [1.165, 1.54) is 5.56 Å². The van der Waals surface area contributed by atoms with Crippen LogP contribution in [0.4, 0.5) is 5.82 Å². The molecule has 0 aliphatic rings. The van der Waals surface area contributed by atoms with E-state index in [1.807, 2.05) is 30.3 Å². The van der Waals surface area contributed by atoms with Crippen LogP contribution in [-0.4, -0.2) is 30.5 Å². The number of nitrogens with zero attached hydrogens (tertiary/aromatic N) is 2. The zero-order valence-electron chi connectivity index (χ0n) is 13.2. The van der Waals surface area contributed by atoms with Crippen LogP contribution in [0.1, 0.15) is 29.8 Å². The SMILES string of the molecule is CCN(CC)c1ccc(C(=O)NCCc2ccccc2)cn1. The van der Waals surface area contributed by atoms with E-state index in [2.05, 4.69) is 41.2 Å². The molecule has 0 radical (unpaired) electrons. The van der Waals surface area contributed by atoms with Crippen LogP contribution in [0.5, 0.6) is 0 Å². The summed E-state index contributed by atoms with van der Waals surface area (Å²) in [5.74, 6) is 0.834. The monoisotopic (exact) mass is 297 g/mol. The Kier molecular flexibility index (Phi) is 5.95. The van der Waals surface area contributed by atoms with Crippen LogP contribution in [0.3, 0.4) is 0 Å². The lowest BCUT2D eigenvalue weighted by Crippen LogP contribution is -2.26. The summed E-state index contributed by atoms with van der Waals surface area (Å²) in [7, 11) is 0. The summed E-state index contributed by atoms with van der Waals surface area (Å²) in [5.41, 5.74) is 1.82. The summed E-state index contributed by atoms with van der Waals surface area (Å²) < 4.78 is 0. The lowest BCUT2D eigenvalue weighted by Gasteiger charge is -2.19. The number of benzene rings is 1. The fourth-order valence-electron chi connectivity index (χ4n) is 2.32. The van der Waals surface area contributed by atoms with Gasteiger partial charge in [0.25, 0.3) is 5.91 Å². The molecule has 0 aliphatic carbocycles. The van der Waals surface area contributed by atoms with E-state index in [0.717, 1.165) is 25.3 Å². The first kappa shape index (κ1) is 16.0. The van der Waals surface area contributed by atoms with E-state index in [9.17, 15) is 4.79 Å². The van der Waals surface area contributed by atoms with Gasteiger partial charge < -0.3 is 10.2 Å². The third-order valence-corrected chi connectivity index (χ3v) is 3.64. The smallest absolute Gasteiger partial charge is 0.252 e. The largest absolute Gasteiger partial charge is 0.357 e. The summed E-state index contributed by atoms with van der Waals surface area (Å²) in [4.78, 5) is 18.6. The number of rotatable bonds is 7. The third kappa shape index (κ3) is 4.32. The van der Waals surface area contributed by atoms with Gasteiger partial charge in [-0.15, -0.1) is 0 Å². The van der Waals surface area contributed by atoms with Crippen LogP contribution in [0.2, 0.25) is 0 Å². The molecule has 116 valence electrons. The highest BCUT2D eigenvalue weighted by molar-refractivity contribution is 5.94. The fraction of sp³-hybridized carbons (Fsp3) is 0.333. The Hall–Kier alpha value is -2.36. The highest BCUT2D eigenvalue weighted by Crippen LogP contribution is 2.10. The molecule has 2 aromatic rings. The molecule has 1 aromatic carbocycles. The Bertz CT molecular complexity index is 577. The van der Waals surface area contributed by atoms with Crippen LogP contribution in [-0.2, 0) is 6.42 Å². The van der Waals surface area contributed by atoms with Crippen molar-refractivity contribution in [1.82, 2.24) is 10.3 Å². The van der Waals surface area contributed by atoms with Crippen molar-refractivity contribution in [2.75, 3.05) is 24.5 Å². The minimum atomic E-state index is -0.0745. The van der Waals surface area contributed by atoms with E-state index < -0.39 is 0 Å². The van der Waals surface area contributed by atoms with Crippen molar-refractivity contribution >= 4 is 11.7 Å². The van der Waals surface area contributed by atoms with Crippen LogP contribution >= 0.6 is 0 Å². The Morgan fingerprint density at radius 3 is 2.41 bits per heavy atom. The predicted molar refractivity (Wildman–Crippen MR) is 90.3 cm³/mol. The second-order valence-electron chi connectivity index (χ2n) is 5.07. The van der Waals surface area contributed by atoms with E-state index in [0.29, 0.717) is 12.1 Å². The maximum absolute atomic E-state index is 12.1. The molecule has 0 aliphatic heterocycles. The predicted octanol–water partition coefficient (Wildman–Crippen LogP) is 2.90. The van der Waals surface area contributed by atoms with Gasteiger partial charge in [0.15, 0.2) is 0 Å². The van der Waals surface area contributed by atoms with Crippen molar-refractivity contribution in [1.29, 1.82) is 0 Å². The molecule has 1 heterocycles. The molecule has 0 unspecified atom stereocenters. The van der Waals surface area contributed by atoms with Gasteiger partial charge in [0, 0.05) is 25.8 Å². The Morgan fingerprint density at radius 2 is 1.82 bits per heavy atom. The average Bonchev–Trinajstić information content (AvgIpc) is 2.57. The molecular weight excluding hydrogens is 274 g/mol. The first-order valence-electron chi connectivity index (χ1n) is 7.77. The Morgan fingerprint density at radius 1 is 1.09 bits per heavy atom. The van der Waals surface area contributed by atoms with Crippen molar-refractivity contribution in [3.63, 3.8) is 0 Å². The standard InChI is InChI=1S/C18H23N3O/c1-3-21(4-2)17-11-10-16(14-20-17)18(22)19-13-12-15-8-6-5-7-9-15/h5-11,14H,3-4,12-13H2,1-2H3,(H,19,22). The minimum absolute atomic E-state index is 0.0745. The molecule has 1 aromatic heterocycles. The van der Waals surface area contributed by atoms with Crippen molar-refractivity contribution in [2.24, 2.45) is 0 Å². The molecule has 0 atom stereocenters. The molecule has 0 saturated heterocycles. The molecule has 0 spiro atoms. The first-order chi connectivity index (χ1) is 10.7. The van der Waals surface area contributed by atoms with E-state index in [1.54, 1.807) is 6.20 Å². The Balaban J connectivity index is 1.87. The zero-order valence-corrected chi connectivity index (χ0v) is 13.2. The molecule has 0 saturated carbocycles. The molecule has 1 N–H and O–H groups in total. The molecule has 22 heavy (non-hydrogen) atoms. The molecule has 1 amide bonds. The van der Waals surface area contributed by atoms with Crippen molar-refractivity contribution in [3.05, 3.63) is 59.8 Å². The number of carbonyl (C=O) groups is 1. The van der Waals surface area contributed by atoms with Gasteiger partial charge in [-0.25, -0.2) is 4.98 Å². The van der Waals surface area contributed by atoms with Gasteiger partial charge in [-0.3, -0.25) is 4.79 Å². The van der Waals surface area contributed by atoms with Gasteiger partial charge >= 0.3 is 0 Å². The summed E-state index contributed by atoms with van der Waals surface area (Å²) in [6.07, 6.45) is 2.48. The fourth-order valence-corrected chi connectivity index (χ4v) is 2.32. The van der Waals surface area contributed by atoms with Crippen molar-refractivity contribution < 1.29 is 4.79 Å². The highest BCUT2D eigenvalue weighted by Gasteiger charge is 2.08. The van der Waals surface area contributed by atoms with Crippen LogP contribution in [0, 0.1) is 0 Å². The lowest BCUT2D eigenvalue weighted by molar-refractivity contribution is 0.0954. The Labute approximate surface area is 132 Å². The number of hydrogen-bond donors (Lipinski definition) is 1. The van der Waals surface area contributed by atoms with Gasteiger partial charge in [-0.05, 0) is 38.0 Å². The number of aromatic nitrogens is 1. The lowest BCUT2D eigenvalue weighted by atomic mass is 10.1. The number of amides is 1. The first-order valence-corrected chi connectivity index (χ1v) is 7.77. The normalized spacial score (nSPS) is 10.3.